The van der Waals surface area contributed by atoms with Crippen LogP contribution < -0.4 is 0 Å². The van der Waals surface area contributed by atoms with Gasteiger partial charge >= 0.3 is 83.5 Å². The zero-order valence-corrected chi connectivity index (χ0v) is 15.1. The second kappa shape index (κ2) is 19.0. The maximum Gasteiger partial charge on any atom is 2.00 e. The Morgan fingerprint density at radius 2 is 1.69 bits per heavy atom. The van der Waals surface area contributed by atoms with Crippen molar-refractivity contribution >= 4 is 97.0 Å². The van der Waals surface area contributed by atoms with Crippen molar-refractivity contribution in [3.05, 3.63) is 43.0 Å². The summed E-state index contributed by atoms with van der Waals surface area (Å²) < 4.78 is 9.68. The Labute approximate surface area is 164 Å². The zero-order chi connectivity index (χ0) is 10.1. The minimum atomic E-state index is -1.97. The maximum absolute atomic E-state index is 9.68. The maximum atomic E-state index is 9.68. The molecule has 7 heteroatoms. The van der Waals surface area contributed by atoms with Gasteiger partial charge in [0.25, 0.3) is 0 Å². The number of para-hydroxylation sites is 1. The Morgan fingerprint density at radius 1 is 1.25 bits per heavy atom. The van der Waals surface area contributed by atoms with Crippen LogP contribution in [0.2, 0.25) is 0 Å². The van der Waals surface area contributed by atoms with Crippen molar-refractivity contribution < 1.29 is 14.6 Å². The van der Waals surface area contributed by atoms with E-state index >= 15 is 0 Å². The van der Waals surface area contributed by atoms with E-state index in [4.69, 9.17) is 10.00 Å². The third kappa shape index (κ3) is 21.0. The number of rotatable bonds is 2. The monoisotopic (exact) mass is 311 g/mol. The third-order valence-electron chi connectivity index (χ3n) is 1.04. The third-order valence-corrected chi connectivity index (χ3v) is 1.61. The van der Waals surface area contributed by atoms with E-state index in [-0.39, 0.29) is 95.1 Å². The fourth-order valence-electron chi connectivity index (χ4n) is 0.538. The van der Waals surface area contributed by atoms with Crippen LogP contribution in [0.4, 0.5) is 0 Å². The molecule has 0 heterocycles. The normalized spacial score (nSPS) is 7.69. The molecule has 16 heavy (non-hydrogen) atoms. The Bertz CT molecular complexity index is 273. The van der Waals surface area contributed by atoms with Gasteiger partial charge < -0.3 is 18.6 Å². The standard InChI is InChI=1S/C6H6O.C3H5O2P.2Ca.S/c7-6-4-2-1-3-5-6;1-2-3-6(4)5;;;/h1-5,7H;2H,1,3H2;;;/q;;2*+2;-2/p+1. The zero-order valence-electron chi connectivity index (χ0n) is 8.95. The summed E-state index contributed by atoms with van der Waals surface area (Å²) in [5.74, 6) is 0.322. The van der Waals surface area contributed by atoms with Crippen LogP contribution >= 0.6 is 8.03 Å². The van der Waals surface area contributed by atoms with E-state index in [0.717, 1.165) is 0 Å². The van der Waals surface area contributed by atoms with E-state index in [0.29, 0.717) is 5.75 Å². The van der Waals surface area contributed by atoms with Gasteiger partial charge in [-0.05, 0) is 22.8 Å². The summed E-state index contributed by atoms with van der Waals surface area (Å²) in [6, 6.07) is 8.71. The van der Waals surface area contributed by atoms with Crippen LogP contribution in [0.3, 0.4) is 0 Å². The first kappa shape index (κ1) is 26.3. The van der Waals surface area contributed by atoms with Gasteiger partial charge in [-0.15, -0.1) is 0 Å². The van der Waals surface area contributed by atoms with Crippen molar-refractivity contribution in [2.45, 2.75) is 0 Å². The van der Waals surface area contributed by atoms with E-state index < -0.39 is 8.03 Å². The minimum Gasteiger partial charge on any atom is -2.00 e. The van der Waals surface area contributed by atoms with Crippen LogP contribution in [0.1, 0.15) is 0 Å². The number of phenolic OH excluding ortho intramolecular Hbond substituents is 1. The number of phenols is 1. The van der Waals surface area contributed by atoms with E-state index in [1.54, 1.807) is 24.3 Å². The van der Waals surface area contributed by atoms with Crippen molar-refractivity contribution in [1.82, 2.24) is 0 Å². The van der Waals surface area contributed by atoms with Crippen molar-refractivity contribution in [1.29, 1.82) is 0 Å². The Balaban J connectivity index is -0.0000000767. The van der Waals surface area contributed by atoms with Crippen molar-refractivity contribution in [2.75, 3.05) is 6.16 Å². The Morgan fingerprint density at radius 3 is 1.81 bits per heavy atom. The molecular weight excluding hydrogens is 299 g/mol. The molecule has 1 unspecified atom stereocenters. The fraction of sp³-hybridized carbons (Fsp3) is 0.111. The largest absolute Gasteiger partial charge is 2.00 e. The van der Waals surface area contributed by atoms with Crippen LogP contribution in [0.15, 0.2) is 43.0 Å². The molecule has 0 aliphatic carbocycles. The molecule has 0 fully saturated rings. The Hall–Kier alpha value is 1.69. The number of allylic oxidation sites excluding steroid dienone is 1. The molecule has 0 bridgehead atoms. The topological polar surface area (TPSA) is 57.5 Å². The molecule has 0 radical (unpaired) electrons. The molecule has 0 saturated heterocycles. The number of aromatic hydroxyl groups is 1. The molecule has 0 aliphatic heterocycles. The quantitative estimate of drug-likeness (QED) is 0.495. The van der Waals surface area contributed by atoms with Crippen LogP contribution in [0.25, 0.3) is 0 Å². The summed E-state index contributed by atoms with van der Waals surface area (Å²) in [7, 11) is -1.97. The molecule has 1 rings (SSSR count). The molecule has 3 nitrogen and oxygen atoms in total. The molecule has 78 valence electrons. The average Bonchev–Trinajstić information content (AvgIpc) is 2.06. The fourth-order valence-corrected chi connectivity index (χ4v) is 0.759. The molecular formula is C9H12Ca2O3PS+3. The second-order valence-electron chi connectivity index (χ2n) is 2.16. The van der Waals surface area contributed by atoms with Gasteiger partial charge in [0.05, 0.1) is 0 Å². The SMILES string of the molecule is C=CC[P+](=O)O.Oc1ccccc1.[Ca+2].[Ca+2].[S-2]. The summed E-state index contributed by atoms with van der Waals surface area (Å²) in [4.78, 5) is 7.99. The van der Waals surface area contributed by atoms with Crippen LogP contribution in [-0.2, 0) is 18.1 Å². The molecule has 2 N–H and O–H groups in total. The summed E-state index contributed by atoms with van der Waals surface area (Å²) in [6.45, 7) is 3.26. The molecule has 0 aromatic heterocycles. The molecule has 0 amide bonds. The Kier molecular flexibility index (Phi) is 31.3. The predicted molar refractivity (Wildman–Crippen MR) is 71.9 cm³/mol. The first-order valence-electron chi connectivity index (χ1n) is 3.65. The molecule has 1 atom stereocenters. The van der Waals surface area contributed by atoms with Gasteiger partial charge in [0, 0.05) is 0 Å². The number of hydrogen-bond acceptors (Lipinski definition) is 2. The molecule has 1 aromatic rings. The van der Waals surface area contributed by atoms with E-state index in [2.05, 4.69) is 6.58 Å². The minimum absolute atomic E-state index is 0. The molecule has 0 aliphatic rings. The van der Waals surface area contributed by atoms with Gasteiger partial charge in [-0.2, -0.15) is 4.89 Å². The van der Waals surface area contributed by atoms with Gasteiger partial charge in [-0.3, -0.25) is 0 Å². The molecule has 0 spiro atoms. The number of hydrogen-bond donors (Lipinski definition) is 2. The van der Waals surface area contributed by atoms with Crippen LogP contribution in [0, 0.1) is 0 Å². The first-order valence-corrected chi connectivity index (χ1v) is 5.05. The van der Waals surface area contributed by atoms with Crippen LogP contribution in [-0.4, -0.2) is 91.6 Å². The van der Waals surface area contributed by atoms with Gasteiger partial charge in [0.15, 0.2) is 6.16 Å². The average molecular weight is 311 g/mol. The molecule has 0 saturated carbocycles. The smallest absolute Gasteiger partial charge is 2.00 e. The molecule has 1 aromatic carbocycles. The van der Waals surface area contributed by atoms with E-state index in [9.17, 15) is 4.57 Å². The summed E-state index contributed by atoms with van der Waals surface area (Å²) in [5, 5.41) is 8.63. The van der Waals surface area contributed by atoms with Crippen molar-refractivity contribution in [3.63, 3.8) is 0 Å². The summed E-state index contributed by atoms with van der Waals surface area (Å²) >= 11 is 0. The second-order valence-corrected chi connectivity index (χ2v) is 3.23. The van der Waals surface area contributed by atoms with Gasteiger partial charge in [-0.25, -0.2) is 0 Å². The predicted octanol–water partition coefficient (Wildman–Crippen LogP) is 1.54. The van der Waals surface area contributed by atoms with Gasteiger partial charge in [0.2, 0.25) is 0 Å². The summed E-state index contributed by atoms with van der Waals surface area (Å²) in [5.41, 5.74) is 0. The first-order chi connectivity index (χ1) is 6.16. The van der Waals surface area contributed by atoms with E-state index in [1.165, 1.54) is 6.08 Å². The number of benzene rings is 1. The van der Waals surface area contributed by atoms with Gasteiger partial charge in [-0.1, -0.05) is 24.8 Å². The van der Waals surface area contributed by atoms with Gasteiger partial charge in [0.1, 0.15) is 5.75 Å². The van der Waals surface area contributed by atoms with E-state index in [1.807, 2.05) is 6.07 Å². The summed E-state index contributed by atoms with van der Waals surface area (Å²) in [6.07, 6.45) is 1.62. The van der Waals surface area contributed by atoms with Crippen molar-refractivity contribution in [2.24, 2.45) is 0 Å². The van der Waals surface area contributed by atoms with Crippen molar-refractivity contribution in [3.8, 4) is 5.75 Å². The van der Waals surface area contributed by atoms with Crippen LogP contribution in [0.5, 0.6) is 5.75 Å².